The largest absolute Gasteiger partial charge is 0.465 e. The van der Waals surface area contributed by atoms with Gasteiger partial charge in [-0.05, 0) is 11.4 Å². The van der Waals surface area contributed by atoms with E-state index < -0.39 is 23.8 Å². The van der Waals surface area contributed by atoms with Crippen molar-refractivity contribution in [1.82, 2.24) is 5.32 Å². The quantitative estimate of drug-likeness (QED) is 0.804. The minimum atomic E-state index is -0.955. The summed E-state index contributed by atoms with van der Waals surface area (Å²) < 4.78 is 4.62. The van der Waals surface area contributed by atoms with Crippen molar-refractivity contribution in [3.05, 3.63) is 16.3 Å². The molecule has 1 saturated heterocycles. The maximum absolute atomic E-state index is 11.8. The Hall–Kier alpha value is -2.40. The van der Waals surface area contributed by atoms with Crippen LogP contribution in [0.3, 0.4) is 0 Å². The zero-order valence-electron chi connectivity index (χ0n) is 9.87. The lowest BCUT2D eigenvalue weighted by molar-refractivity contribution is -0.122. The Morgan fingerprint density at radius 1 is 1.63 bits per heavy atom. The van der Waals surface area contributed by atoms with Crippen LogP contribution in [0, 0.1) is 17.2 Å². The third kappa shape index (κ3) is 2.28. The second-order valence-electron chi connectivity index (χ2n) is 3.71. The molecule has 0 bridgehead atoms. The number of rotatable bonds is 2. The number of hydrogen-bond acceptors (Lipinski definition) is 6. The molecule has 1 aliphatic rings. The summed E-state index contributed by atoms with van der Waals surface area (Å²) in [6.45, 7) is -0.0815. The molecular formula is C11H9N3O4S. The summed E-state index contributed by atoms with van der Waals surface area (Å²) in [4.78, 5) is 36.1. The van der Waals surface area contributed by atoms with Crippen LogP contribution in [0.1, 0.15) is 9.67 Å². The van der Waals surface area contributed by atoms with Crippen LogP contribution in [0.4, 0.5) is 10.5 Å². The van der Waals surface area contributed by atoms with E-state index in [2.05, 4.69) is 10.1 Å². The maximum Gasteiger partial charge on any atom is 0.350 e. The van der Waals surface area contributed by atoms with Gasteiger partial charge in [-0.3, -0.25) is 15.0 Å². The molecule has 1 aliphatic heterocycles. The minimum absolute atomic E-state index is 0.0815. The molecule has 0 spiro atoms. The molecule has 1 aromatic rings. The van der Waals surface area contributed by atoms with Crippen molar-refractivity contribution >= 4 is 34.9 Å². The number of anilines is 1. The average molecular weight is 279 g/mol. The highest BCUT2D eigenvalue weighted by Crippen LogP contribution is 2.29. The lowest BCUT2D eigenvalue weighted by atomic mass is 10.1. The Kier molecular flexibility index (Phi) is 3.48. The molecule has 7 nitrogen and oxygen atoms in total. The molecule has 8 heteroatoms. The summed E-state index contributed by atoms with van der Waals surface area (Å²) in [5.74, 6) is -2.15. The third-order valence-corrected chi connectivity index (χ3v) is 3.50. The number of carbonyl (C=O) groups is 3. The molecule has 2 heterocycles. The van der Waals surface area contributed by atoms with Gasteiger partial charge in [-0.1, -0.05) is 0 Å². The van der Waals surface area contributed by atoms with Gasteiger partial charge in [0.1, 0.15) is 10.8 Å². The smallest absolute Gasteiger partial charge is 0.350 e. The highest BCUT2D eigenvalue weighted by molar-refractivity contribution is 7.12. The fourth-order valence-corrected chi connectivity index (χ4v) is 2.49. The highest BCUT2D eigenvalue weighted by Gasteiger charge is 2.35. The van der Waals surface area contributed by atoms with Crippen molar-refractivity contribution in [2.45, 2.75) is 0 Å². The van der Waals surface area contributed by atoms with Crippen molar-refractivity contribution in [2.75, 3.05) is 18.6 Å². The van der Waals surface area contributed by atoms with E-state index in [1.165, 1.54) is 12.0 Å². The number of hydrogen-bond donors (Lipinski definition) is 1. The molecule has 0 saturated carbocycles. The highest BCUT2D eigenvalue weighted by atomic mass is 32.1. The van der Waals surface area contributed by atoms with Crippen LogP contribution in [0.5, 0.6) is 0 Å². The predicted molar refractivity (Wildman–Crippen MR) is 65.6 cm³/mol. The van der Waals surface area contributed by atoms with Gasteiger partial charge in [0.15, 0.2) is 0 Å². The van der Waals surface area contributed by atoms with E-state index in [9.17, 15) is 14.4 Å². The molecule has 1 N–H and O–H groups in total. The number of thiophene rings is 1. The van der Waals surface area contributed by atoms with E-state index in [-0.39, 0.29) is 11.4 Å². The van der Waals surface area contributed by atoms with Crippen LogP contribution >= 0.6 is 11.3 Å². The van der Waals surface area contributed by atoms with Gasteiger partial charge < -0.3 is 4.74 Å². The second kappa shape index (κ2) is 5.07. The first-order valence-electron chi connectivity index (χ1n) is 5.26. The number of esters is 1. The Morgan fingerprint density at radius 3 is 3.00 bits per heavy atom. The lowest BCUT2D eigenvalue weighted by Gasteiger charge is -2.28. The first-order valence-corrected chi connectivity index (χ1v) is 6.14. The number of amides is 3. The first-order chi connectivity index (χ1) is 9.08. The SMILES string of the molecule is COC(=O)c1sccc1N1CC(C#N)C(=O)NC1=O. The van der Waals surface area contributed by atoms with Crippen LogP contribution in [0.25, 0.3) is 0 Å². The van der Waals surface area contributed by atoms with E-state index in [1.54, 1.807) is 11.4 Å². The molecule has 0 radical (unpaired) electrons. The maximum atomic E-state index is 11.8. The number of carbonyl (C=O) groups excluding carboxylic acids is 3. The van der Waals surface area contributed by atoms with Crippen LogP contribution < -0.4 is 10.2 Å². The van der Waals surface area contributed by atoms with Crippen molar-refractivity contribution in [3.8, 4) is 6.07 Å². The summed E-state index contributed by atoms with van der Waals surface area (Å²) in [6.07, 6.45) is 0. The predicted octanol–water partition coefficient (Wildman–Crippen LogP) is 0.731. The number of methoxy groups -OCH3 is 1. The number of urea groups is 1. The Labute approximate surface area is 112 Å². The number of nitrogens with one attached hydrogen (secondary N) is 1. The molecule has 1 aromatic heterocycles. The number of ether oxygens (including phenoxy) is 1. The Morgan fingerprint density at radius 2 is 2.37 bits per heavy atom. The van der Waals surface area contributed by atoms with E-state index in [4.69, 9.17) is 5.26 Å². The van der Waals surface area contributed by atoms with Crippen molar-refractivity contribution in [2.24, 2.45) is 5.92 Å². The van der Waals surface area contributed by atoms with Crippen LogP contribution in [0.15, 0.2) is 11.4 Å². The molecule has 0 aromatic carbocycles. The molecule has 1 atom stereocenters. The van der Waals surface area contributed by atoms with Gasteiger partial charge in [0.25, 0.3) is 0 Å². The normalized spacial score (nSPS) is 18.7. The summed E-state index contributed by atoms with van der Waals surface area (Å²) >= 11 is 1.12. The topological polar surface area (TPSA) is 99.5 Å². The second-order valence-corrected chi connectivity index (χ2v) is 4.63. The molecular weight excluding hydrogens is 270 g/mol. The van der Waals surface area contributed by atoms with E-state index in [0.29, 0.717) is 5.69 Å². The Bertz CT molecular complexity index is 589. The zero-order valence-corrected chi connectivity index (χ0v) is 10.7. The Balaban J connectivity index is 2.34. The molecule has 3 amide bonds. The minimum Gasteiger partial charge on any atom is -0.465 e. The van der Waals surface area contributed by atoms with Gasteiger partial charge in [-0.25, -0.2) is 9.59 Å². The summed E-state index contributed by atoms with van der Waals surface area (Å²) in [5, 5.41) is 12.6. The van der Waals surface area contributed by atoms with Crippen LogP contribution in [-0.2, 0) is 9.53 Å². The molecule has 2 rings (SSSR count). The van der Waals surface area contributed by atoms with Crippen molar-refractivity contribution in [3.63, 3.8) is 0 Å². The van der Waals surface area contributed by atoms with Crippen LogP contribution in [-0.4, -0.2) is 31.6 Å². The van der Waals surface area contributed by atoms with Crippen molar-refractivity contribution < 1.29 is 19.1 Å². The number of nitrogens with zero attached hydrogens (tertiary/aromatic N) is 2. The van der Waals surface area contributed by atoms with Gasteiger partial charge in [0.05, 0.1) is 25.4 Å². The average Bonchev–Trinajstić information content (AvgIpc) is 2.87. The van der Waals surface area contributed by atoms with E-state index in [0.717, 1.165) is 11.3 Å². The summed E-state index contributed by atoms with van der Waals surface area (Å²) in [6, 6.07) is 2.73. The van der Waals surface area contributed by atoms with Gasteiger partial charge in [-0.2, -0.15) is 5.26 Å². The fourth-order valence-electron chi connectivity index (χ4n) is 1.68. The molecule has 19 heavy (non-hydrogen) atoms. The van der Waals surface area contributed by atoms with Crippen molar-refractivity contribution in [1.29, 1.82) is 5.26 Å². The monoisotopic (exact) mass is 279 g/mol. The lowest BCUT2D eigenvalue weighted by Crippen LogP contribution is -2.54. The van der Waals surface area contributed by atoms with Gasteiger partial charge in [0, 0.05) is 0 Å². The molecule has 1 unspecified atom stereocenters. The third-order valence-electron chi connectivity index (χ3n) is 2.62. The summed E-state index contributed by atoms with van der Waals surface area (Å²) in [5.41, 5.74) is 0.335. The van der Waals surface area contributed by atoms with E-state index in [1.807, 2.05) is 6.07 Å². The molecule has 0 aliphatic carbocycles. The molecule has 1 fully saturated rings. The molecule has 98 valence electrons. The number of nitriles is 1. The summed E-state index contributed by atoms with van der Waals surface area (Å²) in [7, 11) is 1.24. The van der Waals surface area contributed by atoms with Gasteiger partial charge in [0.2, 0.25) is 5.91 Å². The standard InChI is InChI=1S/C11H9N3O4S/c1-18-10(16)8-7(2-3-19-8)14-5-6(4-12)9(15)13-11(14)17/h2-3,6H,5H2,1H3,(H,13,15,17). The van der Waals surface area contributed by atoms with Gasteiger partial charge in [-0.15, -0.1) is 11.3 Å². The number of imide groups is 1. The van der Waals surface area contributed by atoms with E-state index >= 15 is 0 Å². The van der Waals surface area contributed by atoms with Gasteiger partial charge >= 0.3 is 12.0 Å². The fraction of sp³-hybridized carbons (Fsp3) is 0.273. The zero-order chi connectivity index (χ0) is 14.0. The van der Waals surface area contributed by atoms with Crippen LogP contribution in [0.2, 0.25) is 0 Å². The first kappa shape index (κ1) is 13.0.